The third kappa shape index (κ3) is 3.59. The van der Waals surface area contributed by atoms with Gasteiger partial charge in [0, 0.05) is 18.8 Å². The molecule has 3 aliphatic rings. The molecule has 4 rings (SSSR count). The summed E-state index contributed by atoms with van der Waals surface area (Å²) in [7, 11) is 0. The normalized spacial score (nSPS) is 30.5. The highest BCUT2D eigenvalue weighted by Gasteiger charge is 2.74. The number of esters is 1. The standard InChI is InChI=1S/C24H32N2O6/c1-4-31-23(30)18-17-9-10-24(32-17)19(18)22(29)26(11-5-6-12-27)20(24)21(28)25-16-13-14(2)7-8-15(16)3/h7-8,13,17-20,27H,4-6,9-12H2,1-3H3,(H,25,28)/t17-,18+,19+,20?,24?/m1/s1. The second-order valence-corrected chi connectivity index (χ2v) is 9.08. The number of rotatable bonds is 8. The highest BCUT2D eigenvalue weighted by molar-refractivity contribution is 6.03. The molecule has 3 heterocycles. The van der Waals surface area contributed by atoms with Gasteiger partial charge in [-0.3, -0.25) is 14.4 Å². The zero-order valence-corrected chi connectivity index (χ0v) is 18.9. The average molecular weight is 445 g/mol. The quantitative estimate of drug-likeness (QED) is 0.469. The molecule has 8 heteroatoms. The van der Waals surface area contributed by atoms with Gasteiger partial charge in [0.1, 0.15) is 11.6 Å². The van der Waals surface area contributed by atoms with Gasteiger partial charge >= 0.3 is 5.97 Å². The van der Waals surface area contributed by atoms with Crippen LogP contribution in [0.3, 0.4) is 0 Å². The van der Waals surface area contributed by atoms with Crippen LogP contribution < -0.4 is 5.32 Å². The number of nitrogens with one attached hydrogen (secondary N) is 1. The van der Waals surface area contributed by atoms with E-state index in [1.54, 1.807) is 11.8 Å². The third-order valence-corrected chi connectivity index (χ3v) is 7.07. The molecule has 32 heavy (non-hydrogen) atoms. The van der Waals surface area contributed by atoms with E-state index in [0.29, 0.717) is 37.9 Å². The lowest BCUT2D eigenvalue weighted by Crippen LogP contribution is -2.53. The van der Waals surface area contributed by atoms with Crippen LogP contribution in [0.1, 0.15) is 43.7 Å². The maximum absolute atomic E-state index is 13.6. The molecule has 0 aliphatic carbocycles. The summed E-state index contributed by atoms with van der Waals surface area (Å²) in [6.45, 7) is 6.18. The Bertz CT molecular complexity index is 918. The van der Waals surface area contributed by atoms with Gasteiger partial charge in [-0.1, -0.05) is 12.1 Å². The zero-order chi connectivity index (χ0) is 23.0. The van der Waals surface area contributed by atoms with E-state index in [1.165, 1.54) is 0 Å². The fourth-order valence-electron chi connectivity index (χ4n) is 5.67. The van der Waals surface area contributed by atoms with Crippen LogP contribution in [0.5, 0.6) is 0 Å². The monoisotopic (exact) mass is 444 g/mol. The second-order valence-electron chi connectivity index (χ2n) is 9.08. The Hall–Kier alpha value is -2.45. The van der Waals surface area contributed by atoms with Gasteiger partial charge in [-0.25, -0.2) is 0 Å². The average Bonchev–Trinajstić information content (AvgIpc) is 3.39. The van der Waals surface area contributed by atoms with E-state index in [4.69, 9.17) is 9.47 Å². The van der Waals surface area contributed by atoms with Crippen LogP contribution in [0, 0.1) is 25.7 Å². The van der Waals surface area contributed by atoms with Crippen molar-refractivity contribution >= 4 is 23.5 Å². The van der Waals surface area contributed by atoms with Crippen LogP contribution >= 0.6 is 0 Å². The largest absolute Gasteiger partial charge is 0.466 e. The molecule has 0 saturated carbocycles. The summed E-state index contributed by atoms with van der Waals surface area (Å²) in [6, 6.07) is 5.00. The Morgan fingerprint density at radius 3 is 2.81 bits per heavy atom. The van der Waals surface area contributed by atoms with Crippen molar-refractivity contribution in [1.82, 2.24) is 4.90 Å². The molecular weight excluding hydrogens is 412 g/mol. The summed E-state index contributed by atoms with van der Waals surface area (Å²) in [5.41, 5.74) is 1.62. The van der Waals surface area contributed by atoms with Crippen LogP contribution in [-0.4, -0.2) is 65.3 Å². The van der Waals surface area contributed by atoms with Gasteiger partial charge in [0.05, 0.1) is 24.5 Å². The Labute approximate surface area is 188 Å². The van der Waals surface area contributed by atoms with Crippen LogP contribution in [0.2, 0.25) is 0 Å². The molecule has 1 aromatic rings. The van der Waals surface area contributed by atoms with Gasteiger partial charge in [-0.05, 0) is 63.6 Å². The Kier molecular flexibility index (Phi) is 6.27. The molecule has 2 bridgehead atoms. The van der Waals surface area contributed by atoms with E-state index in [-0.39, 0.29) is 25.0 Å². The number of hydrogen-bond acceptors (Lipinski definition) is 6. The highest BCUT2D eigenvalue weighted by Crippen LogP contribution is 2.58. The third-order valence-electron chi connectivity index (χ3n) is 7.07. The van der Waals surface area contributed by atoms with Crippen molar-refractivity contribution in [3.05, 3.63) is 29.3 Å². The van der Waals surface area contributed by atoms with Crippen LogP contribution in [0.15, 0.2) is 18.2 Å². The summed E-state index contributed by atoms with van der Waals surface area (Å²) in [4.78, 5) is 41.5. The lowest BCUT2D eigenvalue weighted by Gasteiger charge is -2.33. The van der Waals surface area contributed by atoms with E-state index < -0.39 is 35.6 Å². The number of aliphatic hydroxyl groups is 1. The molecule has 1 aromatic carbocycles. The molecule has 0 aromatic heterocycles. The maximum atomic E-state index is 13.6. The van der Waals surface area contributed by atoms with Crippen molar-refractivity contribution in [2.45, 2.75) is 64.2 Å². The first-order chi connectivity index (χ1) is 15.3. The van der Waals surface area contributed by atoms with Crippen molar-refractivity contribution in [3.63, 3.8) is 0 Å². The molecule has 3 saturated heterocycles. The summed E-state index contributed by atoms with van der Waals surface area (Å²) in [6.07, 6.45) is 1.85. The van der Waals surface area contributed by atoms with Crippen molar-refractivity contribution in [2.75, 3.05) is 25.1 Å². The van der Waals surface area contributed by atoms with Crippen molar-refractivity contribution in [3.8, 4) is 0 Å². The van der Waals surface area contributed by atoms with Crippen LogP contribution in [-0.2, 0) is 23.9 Å². The van der Waals surface area contributed by atoms with Crippen LogP contribution in [0.25, 0.3) is 0 Å². The maximum Gasteiger partial charge on any atom is 0.312 e. The number of nitrogens with zero attached hydrogens (tertiary/aromatic N) is 1. The molecule has 2 N–H and O–H groups in total. The molecule has 2 unspecified atom stereocenters. The number of amides is 2. The fourth-order valence-corrected chi connectivity index (χ4v) is 5.67. The number of ether oxygens (including phenoxy) is 2. The number of benzene rings is 1. The van der Waals surface area contributed by atoms with Crippen LogP contribution in [0.4, 0.5) is 5.69 Å². The molecule has 1 spiro atoms. The summed E-state index contributed by atoms with van der Waals surface area (Å²) in [5.74, 6) is -2.37. The molecule has 174 valence electrons. The van der Waals surface area contributed by atoms with Crippen molar-refractivity contribution < 1.29 is 29.0 Å². The first-order valence-corrected chi connectivity index (χ1v) is 11.5. The predicted molar refractivity (Wildman–Crippen MR) is 117 cm³/mol. The number of anilines is 1. The molecule has 5 atom stereocenters. The van der Waals surface area contributed by atoms with Gasteiger partial charge < -0.3 is 24.8 Å². The Balaban J connectivity index is 1.68. The molecule has 3 fully saturated rings. The van der Waals surface area contributed by atoms with Gasteiger partial charge in [-0.2, -0.15) is 0 Å². The number of hydrogen-bond donors (Lipinski definition) is 2. The number of unbranched alkanes of at least 4 members (excludes halogenated alkanes) is 1. The van der Waals surface area contributed by atoms with Gasteiger partial charge in [0.25, 0.3) is 0 Å². The van der Waals surface area contributed by atoms with Crippen molar-refractivity contribution in [2.24, 2.45) is 11.8 Å². The second kappa shape index (κ2) is 8.83. The minimum Gasteiger partial charge on any atom is -0.466 e. The van der Waals surface area contributed by atoms with Gasteiger partial charge in [-0.15, -0.1) is 0 Å². The molecular formula is C24H32N2O6. The molecule has 3 aliphatic heterocycles. The van der Waals surface area contributed by atoms with E-state index >= 15 is 0 Å². The summed E-state index contributed by atoms with van der Waals surface area (Å²) in [5, 5.41) is 12.2. The number of likely N-dealkylation sites (tertiary alicyclic amines) is 1. The van der Waals surface area contributed by atoms with E-state index in [9.17, 15) is 19.5 Å². The molecule has 0 radical (unpaired) electrons. The van der Waals surface area contributed by atoms with Crippen molar-refractivity contribution in [1.29, 1.82) is 0 Å². The molecule has 2 amide bonds. The topological polar surface area (TPSA) is 105 Å². The first-order valence-electron chi connectivity index (χ1n) is 11.5. The van der Waals surface area contributed by atoms with Gasteiger partial charge in [0.2, 0.25) is 11.8 Å². The lowest BCUT2D eigenvalue weighted by atomic mass is 9.70. The number of aliphatic hydroxyl groups excluding tert-OH is 1. The lowest BCUT2D eigenvalue weighted by molar-refractivity contribution is -0.154. The van der Waals surface area contributed by atoms with E-state index in [2.05, 4.69) is 5.32 Å². The fraction of sp³-hybridized carbons (Fsp3) is 0.625. The predicted octanol–water partition coefficient (Wildman–Crippen LogP) is 1.95. The smallest absolute Gasteiger partial charge is 0.312 e. The number of fused-ring (bicyclic) bond motifs is 1. The highest BCUT2D eigenvalue weighted by atomic mass is 16.6. The van der Waals surface area contributed by atoms with E-state index in [1.807, 2.05) is 32.0 Å². The Morgan fingerprint density at radius 1 is 1.31 bits per heavy atom. The number of carbonyl (C=O) groups excluding carboxylic acids is 3. The first kappa shape index (κ1) is 22.7. The number of carbonyl (C=O) groups is 3. The minimum absolute atomic E-state index is 0.0139. The minimum atomic E-state index is -1.03. The summed E-state index contributed by atoms with van der Waals surface area (Å²) >= 11 is 0. The van der Waals surface area contributed by atoms with Gasteiger partial charge in [0.15, 0.2) is 0 Å². The SMILES string of the molecule is CCOC(=O)[C@@H]1[C@H]2C(=O)N(CCCCO)C(C(=O)Nc3cc(C)ccc3C)C23CC[C@H]1O3. The molecule has 8 nitrogen and oxygen atoms in total. The summed E-state index contributed by atoms with van der Waals surface area (Å²) < 4.78 is 11.6. The van der Waals surface area contributed by atoms with E-state index in [0.717, 1.165) is 11.1 Å². The zero-order valence-electron chi connectivity index (χ0n) is 18.9. The Morgan fingerprint density at radius 2 is 2.09 bits per heavy atom. The number of aryl methyl sites for hydroxylation is 2.